The van der Waals surface area contributed by atoms with Crippen LogP contribution in [0.4, 0.5) is 0 Å². The lowest BCUT2D eigenvalue weighted by atomic mass is 9.83. The summed E-state index contributed by atoms with van der Waals surface area (Å²) in [5.74, 6) is 0. The summed E-state index contributed by atoms with van der Waals surface area (Å²) < 4.78 is 25.4. The third kappa shape index (κ3) is 2.29. The second-order valence-electron chi connectivity index (χ2n) is 5.70. The molecule has 1 aliphatic carbocycles. The standard InChI is InChI=1S/C17H17ClO2S/c1-17(12-4-6-13-5-2-3-7-16(13)17)21(19,20)15-10-8-14(18)9-11-15/h2-3,5,7-11H,4,6,12H2,1H3. The number of rotatable bonds is 2. The van der Waals surface area contributed by atoms with Gasteiger partial charge >= 0.3 is 0 Å². The van der Waals surface area contributed by atoms with Crippen LogP contribution in [0.5, 0.6) is 0 Å². The first-order chi connectivity index (χ1) is 9.95. The molecule has 0 spiro atoms. The van der Waals surface area contributed by atoms with Gasteiger partial charge in [-0.05, 0) is 61.6 Å². The summed E-state index contributed by atoms with van der Waals surface area (Å²) in [4.78, 5) is 0.339. The lowest BCUT2D eigenvalue weighted by Gasteiger charge is -2.35. The number of hydrogen-bond donors (Lipinski definition) is 0. The Hall–Kier alpha value is -1.32. The first-order valence-corrected chi connectivity index (χ1v) is 8.90. The molecule has 1 unspecified atom stereocenters. The second kappa shape index (κ2) is 5.15. The minimum Gasteiger partial charge on any atom is -0.223 e. The van der Waals surface area contributed by atoms with Crippen LogP contribution in [0.2, 0.25) is 5.02 Å². The maximum Gasteiger partial charge on any atom is 0.187 e. The van der Waals surface area contributed by atoms with Crippen molar-refractivity contribution in [2.45, 2.75) is 35.8 Å². The van der Waals surface area contributed by atoms with Gasteiger partial charge in [-0.3, -0.25) is 0 Å². The van der Waals surface area contributed by atoms with E-state index in [1.807, 2.05) is 31.2 Å². The van der Waals surface area contributed by atoms with Crippen LogP contribution in [0.25, 0.3) is 0 Å². The molecule has 0 fully saturated rings. The largest absolute Gasteiger partial charge is 0.223 e. The Morgan fingerprint density at radius 3 is 2.43 bits per heavy atom. The van der Waals surface area contributed by atoms with Crippen LogP contribution in [0.15, 0.2) is 53.4 Å². The van der Waals surface area contributed by atoms with Crippen molar-refractivity contribution >= 4 is 21.4 Å². The Balaban J connectivity index is 2.17. The number of hydrogen-bond acceptors (Lipinski definition) is 2. The van der Waals surface area contributed by atoms with Gasteiger partial charge in [-0.2, -0.15) is 0 Å². The third-order valence-corrected chi connectivity index (χ3v) is 7.16. The highest BCUT2D eigenvalue weighted by atomic mass is 35.5. The topological polar surface area (TPSA) is 34.1 Å². The maximum absolute atomic E-state index is 13.1. The van der Waals surface area contributed by atoms with Crippen LogP contribution in [0.3, 0.4) is 0 Å². The molecule has 2 aromatic carbocycles. The number of fused-ring (bicyclic) bond motifs is 1. The quantitative estimate of drug-likeness (QED) is 0.823. The highest BCUT2D eigenvalue weighted by molar-refractivity contribution is 7.92. The Kier molecular flexibility index (Phi) is 3.58. The van der Waals surface area contributed by atoms with Gasteiger partial charge in [0, 0.05) is 5.02 Å². The fraction of sp³-hybridized carbons (Fsp3) is 0.294. The lowest BCUT2D eigenvalue weighted by molar-refractivity contribution is 0.483. The number of sulfone groups is 1. The minimum absolute atomic E-state index is 0.339. The summed E-state index contributed by atoms with van der Waals surface area (Å²) >= 11 is 5.87. The molecule has 0 aliphatic heterocycles. The molecule has 0 heterocycles. The fourth-order valence-corrected chi connectivity index (χ4v) is 5.20. The number of aryl methyl sites for hydroxylation is 1. The smallest absolute Gasteiger partial charge is 0.187 e. The average molecular weight is 321 g/mol. The molecular weight excluding hydrogens is 304 g/mol. The first kappa shape index (κ1) is 14.6. The van der Waals surface area contributed by atoms with E-state index in [4.69, 9.17) is 11.6 Å². The van der Waals surface area contributed by atoms with Crippen molar-refractivity contribution in [3.63, 3.8) is 0 Å². The normalized spacial score (nSPS) is 21.8. The van der Waals surface area contributed by atoms with Crippen molar-refractivity contribution in [3.8, 4) is 0 Å². The third-order valence-electron chi connectivity index (χ3n) is 4.40. The molecule has 4 heteroatoms. The van der Waals surface area contributed by atoms with Gasteiger partial charge in [-0.15, -0.1) is 0 Å². The molecule has 2 aromatic rings. The summed E-state index contributed by atoms with van der Waals surface area (Å²) in [5, 5.41) is 0.545. The van der Waals surface area contributed by atoms with E-state index < -0.39 is 14.6 Å². The van der Waals surface area contributed by atoms with Crippen LogP contribution in [0.1, 0.15) is 30.9 Å². The van der Waals surface area contributed by atoms with E-state index in [1.54, 1.807) is 24.3 Å². The van der Waals surface area contributed by atoms with Crippen LogP contribution >= 0.6 is 11.6 Å². The minimum atomic E-state index is -3.45. The van der Waals surface area contributed by atoms with Crippen LogP contribution in [-0.4, -0.2) is 8.42 Å². The zero-order valence-electron chi connectivity index (χ0n) is 11.8. The van der Waals surface area contributed by atoms with Crippen molar-refractivity contribution in [1.29, 1.82) is 0 Å². The molecule has 0 radical (unpaired) electrons. The van der Waals surface area contributed by atoms with Crippen molar-refractivity contribution in [2.24, 2.45) is 0 Å². The Labute approximate surface area is 130 Å². The molecule has 0 saturated carbocycles. The van der Waals surface area contributed by atoms with Gasteiger partial charge in [0.2, 0.25) is 0 Å². The van der Waals surface area contributed by atoms with Crippen molar-refractivity contribution < 1.29 is 8.42 Å². The molecule has 0 saturated heterocycles. The summed E-state index contributed by atoms with van der Waals surface area (Å²) in [6, 6.07) is 14.3. The summed E-state index contributed by atoms with van der Waals surface area (Å²) in [6.07, 6.45) is 2.48. The molecule has 0 aromatic heterocycles. The predicted octanol–water partition coefficient (Wildman–Crippen LogP) is 4.37. The highest BCUT2D eigenvalue weighted by Crippen LogP contribution is 2.44. The number of benzene rings is 2. The molecule has 0 amide bonds. The maximum atomic E-state index is 13.1. The molecule has 0 bridgehead atoms. The lowest BCUT2D eigenvalue weighted by Crippen LogP contribution is -2.36. The van der Waals surface area contributed by atoms with E-state index in [9.17, 15) is 8.42 Å². The first-order valence-electron chi connectivity index (χ1n) is 7.04. The van der Waals surface area contributed by atoms with Gasteiger partial charge in [0.25, 0.3) is 0 Å². The second-order valence-corrected chi connectivity index (χ2v) is 8.51. The predicted molar refractivity (Wildman–Crippen MR) is 85.4 cm³/mol. The van der Waals surface area contributed by atoms with Gasteiger partial charge in [0.15, 0.2) is 9.84 Å². The SMILES string of the molecule is CC1(S(=O)(=O)c2ccc(Cl)cc2)CCCc2ccccc21. The van der Waals surface area contributed by atoms with E-state index in [2.05, 4.69) is 0 Å². The molecule has 0 N–H and O–H groups in total. The van der Waals surface area contributed by atoms with E-state index in [0.717, 1.165) is 24.0 Å². The van der Waals surface area contributed by atoms with Crippen LogP contribution < -0.4 is 0 Å². The molecule has 110 valence electrons. The zero-order valence-corrected chi connectivity index (χ0v) is 13.4. The Morgan fingerprint density at radius 2 is 1.71 bits per heavy atom. The molecule has 21 heavy (non-hydrogen) atoms. The van der Waals surface area contributed by atoms with Crippen molar-refractivity contribution in [1.82, 2.24) is 0 Å². The van der Waals surface area contributed by atoms with Crippen LogP contribution in [-0.2, 0) is 21.0 Å². The van der Waals surface area contributed by atoms with E-state index in [-0.39, 0.29) is 0 Å². The fourth-order valence-electron chi connectivity index (χ4n) is 3.16. The van der Waals surface area contributed by atoms with Crippen molar-refractivity contribution in [3.05, 3.63) is 64.7 Å². The molecule has 1 atom stereocenters. The average Bonchev–Trinajstić information content (AvgIpc) is 2.48. The van der Waals surface area contributed by atoms with Gasteiger partial charge in [-0.1, -0.05) is 35.9 Å². The summed E-state index contributed by atoms with van der Waals surface area (Å²) in [7, 11) is -3.45. The summed E-state index contributed by atoms with van der Waals surface area (Å²) in [5.41, 5.74) is 2.08. The molecule has 1 aliphatic rings. The van der Waals surface area contributed by atoms with Gasteiger partial charge in [-0.25, -0.2) is 8.42 Å². The highest BCUT2D eigenvalue weighted by Gasteiger charge is 2.44. The van der Waals surface area contributed by atoms with Gasteiger partial charge in [0.05, 0.1) is 9.64 Å². The Morgan fingerprint density at radius 1 is 1.05 bits per heavy atom. The molecule has 3 rings (SSSR count). The van der Waals surface area contributed by atoms with E-state index in [1.165, 1.54) is 0 Å². The summed E-state index contributed by atoms with van der Waals surface area (Å²) in [6.45, 7) is 1.84. The number of halogens is 1. The van der Waals surface area contributed by atoms with Crippen LogP contribution in [0, 0.1) is 0 Å². The molecular formula is C17H17ClO2S. The van der Waals surface area contributed by atoms with Gasteiger partial charge in [0.1, 0.15) is 0 Å². The van der Waals surface area contributed by atoms with E-state index in [0.29, 0.717) is 16.3 Å². The Bertz CT molecular complexity index is 766. The van der Waals surface area contributed by atoms with E-state index >= 15 is 0 Å². The van der Waals surface area contributed by atoms with Crippen molar-refractivity contribution in [2.75, 3.05) is 0 Å². The monoisotopic (exact) mass is 320 g/mol. The zero-order chi connectivity index (χ0) is 15.1. The molecule has 2 nitrogen and oxygen atoms in total. The van der Waals surface area contributed by atoms with Gasteiger partial charge < -0.3 is 0 Å².